The van der Waals surface area contributed by atoms with Crippen LogP contribution in [0.5, 0.6) is 23.0 Å². The average Bonchev–Trinajstić information content (AvgIpc) is 2.96. The molecule has 4 rings (SSSR count). The molecule has 3 aromatic rings. The molecule has 0 bridgehead atoms. The largest absolute Gasteiger partial charge is 0.494 e. The number of esters is 1. The summed E-state index contributed by atoms with van der Waals surface area (Å²) in [5.41, 5.74) is 8.18. The number of hydrogen-bond donors (Lipinski definition) is 1. The van der Waals surface area contributed by atoms with E-state index < -0.39 is 11.9 Å². The Morgan fingerprint density at radius 2 is 1.63 bits per heavy atom. The number of rotatable bonds is 12. The van der Waals surface area contributed by atoms with Crippen molar-refractivity contribution in [2.75, 3.05) is 13.2 Å². The van der Waals surface area contributed by atoms with E-state index in [-0.39, 0.29) is 27.2 Å². The van der Waals surface area contributed by atoms with Crippen molar-refractivity contribution in [2.45, 2.75) is 51.9 Å². The predicted octanol–water partition coefficient (Wildman–Crippen LogP) is 8.18. The van der Waals surface area contributed by atoms with Crippen LogP contribution in [-0.4, -0.2) is 19.2 Å². The van der Waals surface area contributed by atoms with Crippen LogP contribution < -0.4 is 24.7 Å². The maximum atomic E-state index is 12.9. The molecular formula is C32H32Cl2N2O5. The molecule has 1 atom stereocenters. The summed E-state index contributed by atoms with van der Waals surface area (Å²) in [6.07, 6.45) is 5.84. The minimum absolute atomic E-state index is 0.00837. The van der Waals surface area contributed by atoms with Gasteiger partial charge in [-0.2, -0.15) is 5.26 Å². The summed E-state index contributed by atoms with van der Waals surface area (Å²) in [6.45, 7) is 5.04. The molecule has 0 radical (unpaired) electrons. The first-order valence-corrected chi connectivity index (χ1v) is 14.4. The van der Waals surface area contributed by atoms with Gasteiger partial charge in [0.15, 0.2) is 5.75 Å². The van der Waals surface area contributed by atoms with Crippen LogP contribution in [0, 0.1) is 11.3 Å². The molecule has 0 amide bonds. The van der Waals surface area contributed by atoms with Crippen molar-refractivity contribution in [2.24, 2.45) is 5.73 Å². The molecule has 0 fully saturated rings. The summed E-state index contributed by atoms with van der Waals surface area (Å²) in [6, 6.07) is 17.6. The molecule has 0 aliphatic carbocycles. The van der Waals surface area contributed by atoms with Gasteiger partial charge in [0.2, 0.25) is 5.88 Å². The van der Waals surface area contributed by atoms with E-state index in [1.165, 1.54) is 31.4 Å². The number of halogens is 2. The maximum absolute atomic E-state index is 12.9. The zero-order chi connectivity index (χ0) is 29.4. The lowest BCUT2D eigenvalue weighted by atomic mass is 9.83. The van der Waals surface area contributed by atoms with Gasteiger partial charge in [-0.3, -0.25) is 0 Å². The number of ether oxygens (including phenoxy) is 4. The summed E-state index contributed by atoms with van der Waals surface area (Å²) < 4.78 is 22.7. The average molecular weight is 596 g/mol. The van der Waals surface area contributed by atoms with Crippen LogP contribution in [0.1, 0.15) is 73.4 Å². The Morgan fingerprint density at radius 1 is 0.951 bits per heavy atom. The molecular weight excluding hydrogens is 563 g/mol. The van der Waals surface area contributed by atoms with Crippen molar-refractivity contribution in [3.05, 3.63) is 92.8 Å². The molecule has 214 valence electrons. The van der Waals surface area contributed by atoms with E-state index in [2.05, 4.69) is 13.0 Å². The molecule has 0 spiro atoms. The minimum atomic E-state index is -0.661. The highest BCUT2D eigenvalue weighted by Gasteiger charge is 2.31. The number of carbonyl (C=O) groups is 1. The van der Waals surface area contributed by atoms with Crippen LogP contribution in [-0.2, 0) is 0 Å². The molecule has 0 aromatic heterocycles. The number of carbonyl (C=O) groups excluding carboxylic acids is 1. The SMILES string of the molecule is CCCCCCCOc1ccc(C2C(C#N)=C(N)Oc3cc(OC(=O)c4cc(Cl)c(OCC)c(Cl)c4)ccc32)cc1. The Balaban J connectivity index is 1.51. The van der Waals surface area contributed by atoms with Crippen LogP contribution >= 0.6 is 23.2 Å². The van der Waals surface area contributed by atoms with Gasteiger partial charge in [0.25, 0.3) is 0 Å². The maximum Gasteiger partial charge on any atom is 0.343 e. The van der Waals surface area contributed by atoms with E-state index in [4.69, 9.17) is 47.9 Å². The Labute approximate surface area is 250 Å². The number of unbranched alkanes of at least 4 members (excludes halogenated alkanes) is 4. The van der Waals surface area contributed by atoms with Gasteiger partial charge in [-0.25, -0.2) is 4.79 Å². The summed E-state index contributed by atoms with van der Waals surface area (Å²) in [5, 5.41) is 10.3. The first-order valence-electron chi connectivity index (χ1n) is 13.6. The van der Waals surface area contributed by atoms with Gasteiger partial charge in [-0.1, -0.05) is 74.0 Å². The molecule has 0 saturated heterocycles. The van der Waals surface area contributed by atoms with Gasteiger partial charge in [0, 0.05) is 11.6 Å². The smallest absolute Gasteiger partial charge is 0.343 e. The quantitative estimate of drug-likeness (QED) is 0.128. The third-order valence-corrected chi connectivity index (χ3v) is 7.22. The summed E-state index contributed by atoms with van der Waals surface area (Å²) in [5.74, 6) is 0.552. The number of nitrogens with two attached hydrogens (primary N) is 1. The van der Waals surface area contributed by atoms with Gasteiger partial charge in [0.1, 0.15) is 28.9 Å². The van der Waals surface area contributed by atoms with Crippen molar-refractivity contribution in [1.82, 2.24) is 0 Å². The first-order chi connectivity index (χ1) is 19.9. The van der Waals surface area contributed by atoms with E-state index in [1.807, 2.05) is 24.3 Å². The fourth-order valence-corrected chi connectivity index (χ4v) is 5.22. The molecule has 1 heterocycles. The number of hydrogen-bond acceptors (Lipinski definition) is 7. The van der Waals surface area contributed by atoms with Crippen molar-refractivity contribution in [3.63, 3.8) is 0 Å². The second-order valence-electron chi connectivity index (χ2n) is 9.55. The van der Waals surface area contributed by atoms with Crippen molar-refractivity contribution in [3.8, 4) is 29.1 Å². The number of benzene rings is 3. The van der Waals surface area contributed by atoms with E-state index in [0.717, 1.165) is 24.2 Å². The number of fused-ring (bicyclic) bond motifs is 1. The van der Waals surface area contributed by atoms with Crippen molar-refractivity contribution < 1.29 is 23.7 Å². The van der Waals surface area contributed by atoms with Gasteiger partial charge < -0.3 is 24.7 Å². The molecule has 0 saturated carbocycles. The standard InChI is InChI=1S/C32H32Cl2N2O5/c1-3-5-6-7-8-15-39-22-11-9-20(10-12-22)29-24-14-13-23(18-28(24)41-31(36)25(29)19-35)40-32(37)21-16-26(33)30(38-4-2)27(34)17-21/h9-14,16-18,29H,3-8,15,36H2,1-2H3. The summed E-state index contributed by atoms with van der Waals surface area (Å²) >= 11 is 12.5. The van der Waals surface area contributed by atoms with Crippen molar-refractivity contribution >= 4 is 29.2 Å². The Hall–Kier alpha value is -3.86. The van der Waals surface area contributed by atoms with Crippen LogP contribution in [0.15, 0.2) is 66.1 Å². The lowest BCUT2D eigenvalue weighted by Gasteiger charge is -2.27. The van der Waals surface area contributed by atoms with Gasteiger partial charge in [-0.05, 0) is 49.2 Å². The zero-order valence-corrected chi connectivity index (χ0v) is 24.6. The summed E-state index contributed by atoms with van der Waals surface area (Å²) in [7, 11) is 0. The molecule has 41 heavy (non-hydrogen) atoms. The van der Waals surface area contributed by atoms with Crippen LogP contribution in [0.3, 0.4) is 0 Å². The van der Waals surface area contributed by atoms with Crippen LogP contribution in [0.25, 0.3) is 0 Å². The highest BCUT2D eigenvalue weighted by atomic mass is 35.5. The van der Waals surface area contributed by atoms with Gasteiger partial charge >= 0.3 is 5.97 Å². The topological polar surface area (TPSA) is 104 Å². The third-order valence-electron chi connectivity index (χ3n) is 6.65. The number of nitrogens with zero attached hydrogens (tertiary/aromatic N) is 1. The van der Waals surface area contributed by atoms with E-state index in [9.17, 15) is 10.1 Å². The second kappa shape index (κ2) is 14.2. The molecule has 1 aliphatic heterocycles. The fourth-order valence-electron chi connectivity index (χ4n) is 4.62. The van der Waals surface area contributed by atoms with Gasteiger partial charge in [0.05, 0.1) is 34.7 Å². The van der Waals surface area contributed by atoms with Gasteiger partial charge in [-0.15, -0.1) is 0 Å². The van der Waals surface area contributed by atoms with E-state index in [0.29, 0.717) is 35.8 Å². The van der Waals surface area contributed by atoms with E-state index >= 15 is 0 Å². The van der Waals surface area contributed by atoms with E-state index in [1.54, 1.807) is 25.1 Å². The Bertz CT molecular complexity index is 1440. The first kappa shape index (κ1) is 30.1. The second-order valence-corrected chi connectivity index (χ2v) is 10.4. The number of nitriles is 1. The lowest BCUT2D eigenvalue weighted by molar-refractivity contribution is 0.0734. The normalized spacial score (nSPS) is 14.1. The minimum Gasteiger partial charge on any atom is -0.494 e. The van der Waals surface area contributed by atoms with Crippen molar-refractivity contribution in [1.29, 1.82) is 5.26 Å². The third kappa shape index (κ3) is 7.27. The molecule has 3 aromatic carbocycles. The van der Waals surface area contributed by atoms with Crippen LogP contribution in [0.4, 0.5) is 0 Å². The zero-order valence-electron chi connectivity index (χ0n) is 23.0. The monoisotopic (exact) mass is 594 g/mol. The molecule has 9 heteroatoms. The summed E-state index contributed by atoms with van der Waals surface area (Å²) in [4.78, 5) is 12.9. The fraction of sp³-hybridized carbons (Fsp3) is 0.312. The Kier molecular flexibility index (Phi) is 10.4. The molecule has 2 N–H and O–H groups in total. The highest BCUT2D eigenvalue weighted by molar-refractivity contribution is 6.37. The van der Waals surface area contributed by atoms with Crippen LogP contribution in [0.2, 0.25) is 10.0 Å². The molecule has 1 unspecified atom stereocenters. The molecule has 1 aliphatic rings. The number of allylic oxidation sites excluding steroid dienone is 1. The highest BCUT2D eigenvalue weighted by Crippen LogP contribution is 2.44. The lowest BCUT2D eigenvalue weighted by Crippen LogP contribution is -2.21. The predicted molar refractivity (Wildman–Crippen MR) is 159 cm³/mol. The molecule has 7 nitrogen and oxygen atoms in total. The Morgan fingerprint density at radius 3 is 2.29 bits per heavy atom.